The van der Waals surface area contributed by atoms with Gasteiger partial charge in [-0.05, 0) is 55.9 Å². The van der Waals surface area contributed by atoms with Crippen molar-refractivity contribution in [2.24, 2.45) is 5.92 Å². The average Bonchev–Trinajstić information content (AvgIpc) is 2.70. The lowest BCUT2D eigenvalue weighted by atomic mass is 9.98. The summed E-state index contributed by atoms with van der Waals surface area (Å²) in [5, 5.41) is 0.186. The molecule has 0 fully saturated rings. The summed E-state index contributed by atoms with van der Waals surface area (Å²) in [7, 11) is -0.558. The predicted molar refractivity (Wildman–Crippen MR) is 132 cm³/mol. The van der Waals surface area contributed by atoms with Crippen LogP contribution < -0.4 is 4.74 Å². The first-order valence-electron chi connectivity index (χ1n) is 10.7. The number of ether oxygens (including phenoxy) is 3. The monoisotopic (exact) mass is 466 g/mol. The summed E-state index contributed by atoms with van der Waals surface area (Å²) in [5.41, 5.74) is 0.604. The Balaban J connectivity index is 2.82. The summed E-state index contributed by atoms with van der Waals surface area (Å²) in [5.74, 6) is 0.476. The maximum absolute atomic E-state index is 11.6. The molecule has 0 N–H and O–H groups in total. The van der Waals surface area contributed by atoms with Gasteiger partial charge in [-0.15, -0.1) is 0 Å². The zero-order valence-corrected chi connectivity index (χ0v) is 22.0. The minimum Gasteiger partial charge on any atom is -0.466 e. The first-order valence-corrected chi connectivity index (χ1v) is 14.0. The second-order valence-corrected chi connectivity index (χ2v) is 14.5. The number of hydrogen-bond acceptors (Lipinski definition) is 6. The maximum atomic E-state index is 11.6. The number of benzene rings is 1. The van der Waals surface area contributed by atoms with Crippen LogP contribution in [-0.4, -0.2) is 39.3 Å². The van der Waals surface area contributed by atoms with Crippen LogP contribution in [0, 0.1) is 5.92 Å². The van der Waals surface area contributed by atoms with Crippen LogP contribution in [0.25, 0.3) is 0 Å². The van der Waals surface area contributed by atoms with Gasteiger partial charge in [0.1, 0.15) is 11.9 Å². The predicted octanol–water partition coefficient (Wildman–Crippen LogP) is 6.29. The van der Waals surface area contributed by atoms with Crippen molar-refractivity contribution in [1.82, 2.24) is 0 Å². The fourth-order valence-corrected chi connectivity index (χ4v) is 3.78. The summed E-state index contributed by atoms with van der Waals surface area (Å²) < 4.78 is 22.9. The van der Waals surface area contributed by atoms with E-state index in [-0.39, 0.29) is 28.3 Å². The molecule has 0 saturated carbocycles. The van der Waals surface area contributed by atoms with Crippen LogP contribution in [-0.2, 0) is 18.7 Å². The van der Waals surface area contributed by atoms with Gasteiger partial charge in [0.25, 0.3) is 0 Å². The molecule has 0 radical (unpaired) electrons. The molecule has 0 heterocycles. The molecular formula is C24H38O5SSi. The highest BCUT2D eigenvalue weighted by molar-refractivity contribution is 7.79. The molecule has 1 aromatic rings. The molecule has 0 amide bonds. The van der Waals surface area contributed by atoms with Gasteiger partial charge in [0.2, 0.25) is 0 Å². The van der Waals surface area contributed by atoms with E-state index in [1.165, 1.54) is 7.11 Å². The third-order valence-corrected chi connectivity index (χ3v) is 10.5. The SMILES string of the molecule is COC(=O)/C(C)=C/CC[C@H](C)[C@@H](CO[Si](C)(C)C(C)(C)C)OC(=S)Oc1ccccc1. The molecule has 0 aliphatic rings. The van der Waals surface area contributed by atoms with E-state index in [1.54, 1.807) is 6.92 Å². The summed E-state index contributed by atoms with van der Waals surface area (Å²) >= 11 is 5.35. The number of allylic oxidation sites excluding steroid dienone is 1. The molecule has 0 saturated heterocycles. The zero-order valence-electron chi connectivity index (χ0n) is 20.2. The molecule has 0 unspecified atom stereocenters. The van der Waals surface area contributed by atoms with Crippen molar-refractivity contribution < 1.29 is 23.4 Å². The molecule has 174 valence electrons. The molecule has 1 aromatic carbocycles. The summed E-state index contributed by atoms with van der Waals surface area (Å²) in [6, 6.07) is 9.35. The van der Waals surface area contributed by atoms with E-state index in [4.69, 9.17) is 30.9 Å². The molecule has 0 aromatic heterocycles. The number of esters is 1. The molecule has 1 rings (SSSR count). The fraction of sp³-hybridized carbons (Fsp3) is 0.583. The van der Waals surface area contributed by atoms with Crippen molar-refractivity contribution in [2.75, 3.05) is 13.7 Å². The van der Waals surface area contributed by atoms with Gasteiger partial charge in [-0.3, -0.25) is 0 Å². The molecule has 5 nitrogen and oxygen atoms in total. The first-order chi connectivity index (χ1) is 14.4. The Hall–Kier alpha value is -1.70. The Morgan fingerprint density at radius 3 is 2.35 bits per heavy atom. The van der Waals surface area contributed by atoms with Crippen molar-refractivity contribution >= 4 is 31.7 Å². The van der Waals surface area contributed by atoms with E-state index in [0.717, 1.165) is 12.8 Å². The highest BCUT2D eigenvalue weighted by atomic mass is 32.1. The molecule has 31 heavy (non-hydrogen) atoms. The van der Waals surface area contributed by atoms with Gasteiger partial charge in [0, 0.05) is 17.8 Å². The van der Waals surface area contributed by atoms with Crippen molar-refractivity contribution in [3.63, 3.8) is 0 Å². The van der Waals surface area contributed by atoms with Gasteiger partial charge in [-0.25, -0.2) is 4.79 Å². The molecular weight excluding hydrogens is 428 g/mol. The lowest BCUT2D eigenvalue weighted by Gasteiger charge is -2.38. The Kier molecular flexibility index (Phi) is 10.9. The average molecular weight is 467 g/mol. The third kappa shape index (κ3) is 9.54. The van der Waals surface area contributed by atoms with E-state index < -0.39 is 8.32 Å². The highest BCUT2D eigenvalue weighted by Crippen LogP contribution is 2.37. The van der Waals surface area contributed by atoms with Gasteiger partial charge in [-0.1, -0.05) is 52.0 Å². The van der Waals surface area contributed by atoms with Crippen LogP contribution in [0.5, 0.6) is 5.75 Å². The van der Waals surface area contributed by atoms with Gasteiger partial charge < -0.3 is 18.6 Å². The number of carbonyl (C=O) groups excluding carboxylic acids is 1. The molecule has 7 heteroatoms. The quantitative estimate of drug-likeness (QED) is 0.175. The van der Waals surface area contributed by atoms with Gasteiger partial charge in [0.15, 0.2) is 8.32 Å². The number of rotatable bonds is 10. The number of para-hydroxylation sites is 1. The fourth-order valence-electron chi connectivity index (χ4n) is 2.55. The third-order valence-electron chi connectivity index (χ3n) is 5.82. The zero-order chi connectivity index (χ0) is 23.7. The topological polar surface area (TPSA) is 54.0 Å². The highest BCUT2D eigenvalue weighted by Gasteiger charge is 2.38. The molecule has 0 aliphatic heterocycles. The van der Waals surface area contributed by atoms with Crippen molar-refractivity contribution in [3.05, 3.63) is 42.0 Å². The summed E-state index contributed by atoms with van der Waals surface area (Å²) in [4.78, 5) is 11.6. The Morgan fingerprint density at radius 1 is 1.19 bits per heavy atom. The van der Waals surface area contributed by atoms with Crippen molar-refractivity contribution in [2.45, 2.75) is 71.7 Å². The van der Waals surface area contributed by atoms with Crippen LogP contribution in [0.3, 0.4) is 0 Å². The van der Waals surface area contributed by atoms with E-state index in [2.05, 4.69) is 40.8 Å². The molecule has 0 spiro atoms. The minimum absolute atomic E-state index is 0.0863. The maximum Gasteiger partial charge on any atom is 0.358 e. The van der Waals surface area contributed by atoms with Crippen LogP contribution in [0.15, 0.2) is 42.0 Å². The van der Waals surface area contributed by atoms with E-state index in [9.17, 15) is 4.79 Å². The normalized spacial score (nSPS) is 14.5. The first kappa shape index (κ1) is 27.3. The molecule has 2 atom stereocenters. The second-order valence-electron chi connectivity index (χ2n) is 9.33. The standard InChI is InChI=1S/C24H38O5SSi/c1-18(13-12-14-19(2)22(25)26-6)21(17-27-31(7,8)24(3,4)5)29-23(30)28-20-15-10-9-11-16-20/h9-11,14-16,18,21H,12-13,17H2,1-8H3/b19-14+/t18-,21+/m0/s1. The van der Waals surface area contributed by atoms with E-state index in [1.807, 2.05) is 36.4 Å². The Labute approximate surface area is 194 Å². The molecule has 0 bridgehead atoms. The van der Waals surface area contributed by atoms with E-state index in [0.29, 0.717) is 17.9 Å². The lowest BCUT2D eigenvalue weighted by molar-refractivity contribution is -0.136. The minimum atomic E-state index is -1.94. The Morgan fingerprint density at radius 2 is 1.81 bits per heavy atom. The number of thiocarbonyl (C=S) groups is 1. The van der Waals surface area contributed by atoms with Gasteiger partial charge >= 0.3 is 11.2 Å². The lowest BCUT2D eigenvalue weighted by Crippen LogP contribution is -2.44. The summed E-state index contributed by atoms with van der Waals surface area (Å²) in [6.45, 7) is 15.4. The molecule has 0 aliphatic carbocycles. The Bertz CT molecular complexity index is 740. The van der Waals surface area contributed by atoms with Crippen LogP contribution in [0.2, 0.25) is 18.1 Å². The smallest absolute Gasteiger partial charge is 0.358 e. The number of methoxy groups -OCH3 is 1. The van der Waals surface area contributed by atoms with Crippen LogP contribution >= 0.6 is 12.2 Å². The largest absolute Gasteiger partial charge is 0.466 e. The van der Waals surface area contributed by atoms with Crippen LogP contribution in [0.4, 0.5) is 0 Å². The van der Waals surface area contributed by atoms with Gasteiger partial charge in [0.05, 0.1) is 13.7 Å². The summed E-state index contributed by atoms with van der Waals surface area (Å²) in [6.07, 6.45) is 3.19. The van der Waals surface area contributed by atoms with Gasteiger partial charge in [-0.2, -0.15) is 0 Å². The van der Waals surface area contributed by atoms with Crippen molar-refractivity contribution in [1.29, 1.82) is 0 Å². The van der Waals surface area contributed by atoms with E-state index >= 15 is 0 Å². The second kappa shape index (κ2) is 12.4. The van der Waals surface area contributed by atoms with Crippen molar-refractivity contribution in [3.8, 4) is 5.75 Å². The number of carbonyl (C=O) groups is 1. The van der Waals surface area contributed by atoms with Crippen LogP contribution in [0.1, 0.15) is 47.5 Å². The number of hydrogen-bond donors (Lipinski definition) is 0.